The van der Waals surface area contributed by atoms with E-state index in [0.29, 0.717) is 15.7 Å². The first-order chi connectivity index (χ1) is 6.82. The van der Waals surface area contributed by atoms with E-state index in [0.717, 1.165) is 4.36 Å². The normalized spacial score (nSPS) is 11.6. The van der Waals surface area contributed by atoms with Crippen LogP contribution in [0.3, 0.4) is 0 Å². The van der Waals surface area contributed by atoms with Gasteiger partial charge in [0.05, 0.1) is 8.60 Å². The first-order valence-corrected chi connectivity index (χ1v) is 8.24. The lowest BCUT2D eigenvalue weighted by Crippen LogP contribution is -1.94. The van der Waals surface area contributed by atoms with Gasteiger partial charge in [-0.1, -0.05) is 53.1 Å². The van der Waals surface area contributed by atoms with Gasteiger partial charge in [0.15, 0.2) is 0 Å². The molecule has 0 fully saturated rings. The van der Waals surface area contributed by atoms with Crippen LogP contribution in [-0.2, 0) is 0 Å². The number of halogens is 1. The van der Waals surface area contributed by atoms with Crippen LogP contribution in [-0.4, -0.2) is 15.7 Å². The molecule has 15 heavy (non-hydrogen) atoms. The zero-order chi connectivity index (χ0) is 12.0. The Kier molecular flexibility index (Phi) is 8.80. The van der Waals surface area contributed by atoms with Gasteiger partial charge in [-0.05, 0) is 0 Å². The first-order valence-electron chi connectivity index (χ1n) is 5.22. The molecule has 0 heterocycles. The predicted molar refractivity (Wildman–Crippen MR) is 81.1 cm³/mol. The summed E-state index contributed by atoms with van der Waals surface area (Å²) in [5.74, 6) is 0. The van der Waals surface area contributed by atoms with Crippen LogP contribution in [0.1, 0.15) is 41.5 Å². The summed E-state index contributed by atoms with van der Waals surface area (Å²) >= 11 is 11.8. The summed E-state index contributed by atoms with van der Waals surface area (Å²) in [7, 11) is 0. The summed E-state index contributed by atoms with van der Waals surface area (Å²) in [5, 5.41) is 1.73. The molecule has 0 spiro atoms. The van der Waals surface area contributed by atoms with Crippen LogP contribution in [0.2, 0.25) is 0 Å². The summed E-state index contributed by atoms with van der Waals surface area (Å²) in [4.78, 5) is 0. The maximum Gasteiger partial charge on any atom is 0.0937 e. The van der Waals surface area contributed by atoms with Crippen molar-refractivity contribution in [2.45, 2.75) is 57.3 Å². The Hall–Kier alpha value is 1.08. The second kappa shape index (κ2) is 8.21. The number of hydrogen-bond acceptors (Lipinski definition) is 3. The summed E-state index contributed by atoms with van der Waals surface area (Å²) < 4.78 is 2.24. The van der Waals surface area contributed by atoms with Gasteiger partial charge in [0.25, 0.3) is 0 Å². The van der Waals surface area contributed by atoms with Gasteiger partial charge < -0.3 is 0 Å². The highest BCUT2D eigenvalue weighted by atomic mass is 35.5. The van der Waals surface area contributed by atoms with Crippen molar-refractivity contribution in [1.29, 1.82) is 0 Å². The Bertz CT molecular complexity index is 198. The molecule has 0 aromatic heterocycles. The Balaban J connectivity index is 4.56. The molecule has 4 heteroatoms. The van der Waals surface area contributed by atoms with Crippen molar-refractivity contribution in [1.82, 2.24) is 0 Å². The lowest BCUT2D eigenvalue weighted by atomic mass is 10.6. The third kappa shape index (κ3) is 8.84. The van der Waals surface area contributed by atoms with Crippen LogP contribution in [0.15, 0.2) is 8.60 Å². The fourth-order valence-corrected chi connectivity index (χ4v) is 5.11. The van der Waals surface area contributed by atoms with Crippen molar-refractivity contribution in [3.63, 3.8) is 0 Å². The van der Waals surface area contributed by atoms with E-state index >= 15 is 0 Å². The van der Waals surface area contributed by atoms with E-state index in [4.69, 9.17) is 11.6 Å². The highest BCUT2D eigenvalue weighted by molar-refractivity contribution is 8.24. The van der Waals surface area contributed by atoms with Gasteiger partial charge in [-0.25, -0.2) is 0 Å². The molecule has 0 radical (unpaired) electrons. The fraction of sp³-hybridized carbons (Fsp3) is 0.818. The summed E-state index contributed by atoms with van der Waals surface area (Å²) in [6.45, 7) is 13.2. The highest BCUT2D eigenvalue weighted by Gasteiger charge is 2.12. The molecule has 0 aliphatic heterocycles. The second-order valence-electron chi connectivity index (χ2n) is 4.06. The van der Waals surface area contributed by atoms with Crippen LogP contribution in [0, 0.1) is 0 Å². The van der Waals surface area contributed by atoms with Crippen molar-refractivity contribution in [3.05, 3.63) is 8.60 Å². The lowest BCUT2D eigenvalue weighted by Gasteiger charge is -2.15. The summed E-state index contributed by atoms with van der Waals surface area (Å²) in [6.07, 6.45) is 0. The number of thioether (sulfide) groups is 3. The van der Waals surface area contributed by atoms with Crippen molar-refractivity contribution in [3.8, 4) is 0 Å². The maximum atomic E-state index is 6.33. The Labute approximate surface area is 112 Å². The van der Waals surface area contributed by atoms with E-state index in [1.54, 1.807) is 11.8 Å². The zero-order valence-electron chi connectivity index (χ0n) is 10.3. The van der Waals surface area contributed by atoms with Gasteiger partial charge in [-0.15, -0.1) is 35.3 Å². The van der Waals surface area contributed by atoms with E-state index in [2.05, 4.69) is 41.5 Å². The largest absolute Gasteiger partial charge is 0.114 e. The Morgan fingerprint density at radius 1 is 0.733 bits per heavy atom. The van der Waals surface area contributed by atoms with E-state index in [-0.39, 0.29) is 0 Å². The third-order valence-electron chi connectivity index (χ3n) is 1.19. The SMILES string of the molecule is CC(C)SC(Cl)=C(SC(C)C)SC(C)C. The molecule has 0 amide bonds. The van der Waals surface area contributed by atoms with Gasteiger partial charge >= 0.3 is 0 Å². The quantitative estimate of drug-likeness (QED) is 0.607. The molecule has 0 aromatic carbocycles. The van der Waals surface area contributed by atoms with E-state index in [1.807, 2.05) is 23.5 Å². The lowest BCUT2D eigenvalue weighted by molar-refractivity contribution is 1.11. The minimum Gasteiger partial charge on any atom is -0.114 e. The minimum atomic E-state index is 0.549. The second-order valence-corrected chi connectivity index (χ2v) is 9.68. The van der Waals surface area contributed by atoms with Crippen LogP contribution < -0.4 is 0 Å². The Morgan fingerprint density at radius 3 is 1.33 bits per heavy atom. The number of hydrogen-bond donors (Lipinski definition) is 0. The molecule has 0 N–H and O–H groups in total. The van der Waals surface area contributed by atoms with Crippen molar-refractivity contribution in [2.24, 2.45) is 0 Å². The molecule has 0 aliphatic carbocycles. The van der Waals surface area contributed by atoms with Crippen molar-refractivity contribution < 1.29 is 0 Å². The van der Waals surface area contributed by atoms with Crippen LogP contribution >= 0.6 is 46.9 Å². The maximum absolute atomic E-state index is 6.33. The molecule has 0 atom stereocenters. The average Bonchev–Trinajstić information content (AvgIpc) is 1.99. The van der Waals surface area contributed by atoms with Crippen LogP contribution in [0.4, 0.5) is 0 Å². The molecule has 0 saturated carbocycles. The van der Waals surface area contributed by atoms with E-state index in [1.165, 1.54) is 4.24 Å². The average molecular weight is 285 g/mol. The molecular formula is C11H21ClS3. The smallest absolute Gasteiger partial charge is 0.0937 e. The summed E-state index contributed by atoms with van der Waals surface area (Å²) in [5.41, 5.74) is 0. The van der Waals surface area contributed by atoms with Gasteiger partial charge in [0.1, 0.15) is 0 Å². The minimum absolute atomic E-state index is 0.549. The fourth-order valence-electron chi connectivity index (χ4n) is 0.804. The molecule has 0 bridgehead atoms. The van der Waals surface area contributed by atoms with Crippen LogP contribution in [0.25, 0.3) is 0 Å². The third-order valence-corrected chi connectivity index (χ3v) is 5.36. The standard InChI is InChI=1S/C11H21ClS3/c1-7(2)13-10(12)11(14-8(3)4)15-9(5)6/h7-9H,1-6H3. The molecule has 0 aliphatic rings. The monoisotopic (exact) mass is 284 g/mol. The van der Waals surface area contributed by atoms with Gasteiger partial charge in [0, 0.05) is 15.7 Å². The topological polar surface area (TPSA) is 0 Å². The van der Waals surface area contributed by atoms with Crippen molar-refractivity contribution in [2.75, 3.05) is 0 Å². The molecule has 0 nitrogen and oxygen atoms in total. The highest BCUT2D eigenvalue weighted by Crippen LogP contribution is 2.43. The zero-order valence-corrected chi connectivity index (χ0v) is 13.5. The number of rotatable bonds is 6. The summed E-state index contributed by atoms with van der Waals surface area (Å²) in [6, 6.07) is 0. The van der Waals surface area contributed by atoms with E-state index < -0.39 is 0 Å². The molecule has 0 saturated heterocycles. The molecule has 0 aromatic rings. The molecule has 0 rings (SSSR count). The Morgan fingerprint density at radius 2 is 1.07 bits per heavy atom. The molecule has 90 valence electrons. The van der Waals surface area contributed by atoms with Crippen molar-refractivity contribution >= 4 is 46.9 Å². The van der Waals surface area contributed by atoms with Gasteiger partial charge in [0.2, 0.25) is 0 Å². The molecular weight excluding hydrogens is 264 g/mol. The first kappa shape index (κ1) is 16.1. The van der Waals surface area contributed by atoms with Gasteiger partial charge in [-0.2, -0.15) is 0 Å². The van der Waals surface area contributed by atoms with E-state index in [9.17, 15) is 0 Å². The van der Waals surface area contributed by atoms with Crippen LogP contribution in [0.5, 0.6) is 0 Å². The predicted octanol–water partition coefficient (Wildman–Crippen LogP) is 5.78. The molecule has 0 unspecified atom stereocenters. The van der Waals surface area contributed by atoms with Gasteiger partial charge in [-0.3, -0.25) is 0 Å².